The van der Waals surface area contributed by atoms with Crippen LogP contribution in [0.5, 0.6) is 11.5 Å². The van der Waals surface area contributed by atoms with E-state index in [2.05, 4.69) is 10.3 Å². The van der Waals surface area contributed by atoms with Crippen molar-refractivity contribution in [3.8, 4) is 28.8 Å². The molecule has 3 aromatic rings. The molecule has 3 N–H and O–H groups in total. The molecule has 0 saturated heterocycles. The molecular weight excluding hydrogens is 347 g/mol. The van der Waals surface area contributed by atoms with Crippen LogP contribution >= 0.6 is 0 Å². The maximum atomic E-state index is 12.9. The Labute approximate surface area is 155 Å². The number of carbonyl (C=O) groups is 1. The van der Waals surface area contributed by atoms with Gasteiger partial charge >= 0.3 is 0 Å². The van der Waals surface area contributed by atoms with Gasteiger partial charge in [0, 0.05) is 11.3 Å². The third kappa shape index (κ3) is 4.80. The molecule has 7 heteroatoms. The first-order valence-electron chi connectivity index (χ1n) is 8.02. The predicted octanol–water partition coefficient (Wildman–Crippen LogP) is 3.45. The largest absolute Gasteiger partial charge is 0.457 e. The van der Waals surface area contributed by atoms with Gasteiger partial charge in [-0.05, 0) is 60.7 Å². The van der Waals surface area contributed by atoms with Crippen molar-refractivity contribution in [1.82, 2.24) is 4.98 Å². The Bertz CT molecular complexity index is 996. The summed E-state index contributed by atoms with van der Waals surface area (Å²) in [6.45, 7) is -0.0429. The van der Waals surface area contributed by atoms with Gasteiger partial charge in [0.25, 0.3) is 0 Å². The molecule has 1 heterocycles. The average molecular weight is 362 g/mol. The van der Waals surface area contributed by atoms with Gasteiger partial charge in [-0.2, -0.15) is 5.26 Å². The van der Waals surface area contributed by atoms with E-state index in [0.29, 0.717) is 22.9 Å². The summed E-state index contributed by atoms with van der Waals surface area (Å²) in [4.78, 5) is 15.2. The Morgan fingerprint density at radius 3 is 2.33 bits per heavy atom. The van der Waals surface area contributed by atoms with Gasteiger partial charge < -0.3 is 15.8 Å². The van der Waals surface area contributed by atoms with Gasteiger partial charge in [-0.1, -0.05) is 0 Å². The van der Waals surface area contributed by atoms with Crippen LogP contribution in [0.25, 0.3) is 11.3 Å². The van der Waals surface area contributed by atoms with Crippen molar-refractivity contribution in [2.24, 2.45) is 5.73 Å². The third-order valence-corrected chi connectivity index (χ3v) is 3.61. The zero-order valence-corrected chi connectivity index (χ0v) is 14.1. The molecule has 0 saturated carbocycles. The van der Waals surface area contributed by atoms with E-state index in [1.165, 1.54) is 24.3 Å². The van der Waals surface area contributed by atoms with E-state index in [1.54, 1.807) is 36.4 Å². The van der Waals surface area contributed by atoms with Crippen LogP contribution in [0.2, 0.25) is 0 Å². The van der Waals surface area contributed by atoms with Gasteiger partial charge in [0.05, 0.1) is 12.2 Å². The average Bonchev–Trinajstić information content (AvgIpc) is 2.68. The fraction of sp³-hybridized carbons (Fsp3) is 0.0500. The summed E-state index contributed by atoms with van der Waals surface area (Å²) in [6, 6.07) is 18.1. The highest BCUT2D eigenvalue weighted by atomic mass is 19.1. The summed E-state index contributed by atoms with van der Waals surface area (Å²) in [5, 5.41) is 12.0. The first-order valence-corrected chi connectivity index (χ1v) is 8.02. The lowest BCUT2D eigenvalue weighted by molar-refractivity contribution is -0.116. The molecule has 0 aliphatic heterocycles. The number of primary amides is 1. The second-order valence-electron chi connectivity index (χ2n) is 5.64. The molecule has 0 atom stereocenters. The van der Waals surface area contributed by atoms with Gasteiger partial charge in [-0.25, -0.2) is 9.37 Å². The topological polar surface area (TPSA) is 101 Å². The van der Waals surface area contributed by atoms with Crippen molar-refractivity contribution >= 4 is 11.6 Å². The normalized spacial score (nSPS) is 10.1. The van der Waals surface area contributed by atoms with Crippen molar-refractivity contribution in [2.75, 3.05) is 11.9 Å². The van der Waals surface area contributed by atoms with E-state index < -0.39 is 5.91 Å². The summed E-state index contributed by atoms with van der Waals surface area (Å²) in [7, 11) is 0. The first-order chi connectivity index (χ1) is 13.0. The summed E-state index contributed by atoms with van der Waals surface area (Å²) in [6.07, 6.45) is 0. The van der Waals surface area contributed by atoms with Crippen LogP contribution in [0.15, 0.2) is 60.7 Å². The quantitative estimate of drug-likeness (QED) is 0.699. The molecule has 0 radical (unpaired) electrons. The van der Waals surface area contributed by atoms with Crippen LogP contribution in [-0.2, 0) is 4.79 Å². The molecule has 0 bridgehead atoms. The molecule has 0 spiro atoms. The lowest BCUT2D eigenvalue weighted by Gasteiger charge is -2.09. The number of benzene rings is 2. The van der Waals surface area contributed by atoms with Crippen molar-refractivity contribution < 1.29 is 13.9 Å². The number of amides is 1. The van der Waals surface area contributed by atoms with Crippen LogP contribution in [0.4, 0.5) is 10.1 Å². The minimum Gasteiger partial charge on any atom is -0.457 e. The SMILES string of the molecule is N#Cc1cc(NCC(N)=O)cc(-c2ccc(Oc3ccc(F)cc3)cc2)n1. The van der Waals surface area contributed by atoms with Crippen molar-refractivity contribution in [1.29, 1.82) is 5.26 Å². The first kappa shape index (κ1) is 17.9. The Morgan fingerprint density at radius 1 is 1.11 bits per heavy atom. The van der Waals surface area contributed by atoms with E-state index in [9.17, 15) is 9.18 Å². The number of nitrogens with zero attached hydrogens (tertiary/aromatic N) is 2. The number of hydrogen-bond donors (Lipinski definition) is 2. The summed E-state index contributed by atoms with van der Waals surface area (Å²) in [5.41, 5.74) is 7.25. The number of nitrogens with two attached hydrogens (primary N) is 1. The second-order valence-corrected chi connectivity index (χ2v) is 5.64. The number of nitrogens with one attached hydrogen (secondary N) is 1. The second kappa shape index (κ2) is 7.97. The molecule has 0 aliphatic rings. The van der Waals surface area contributed by atoms with E-state index in [4.69, 9.17) is 15.7 Å². The summed E-state index contributed by atoms with van der Waals surface area (Å²) in [5.74, 6) is 0.261. The molecule has 3 rings (SSSR count). The molecule has 6 nitrogen and oxygen atoms in total. The lowest BCUT2D eigenvalue weighted by Crippen LogP contribution is -2.21. The van der Waals surface area contributed by atoms with Gasteiger partial charge in [0.15, 0.2) is 0 Å². The Kier molecular flexibility index (Phi) is 5.28. The molecule has 134 valence electrons. The van der Waals surface area contributed by atoms with Crippen molar-refractivity contribution in [3.05, 3.63) is 72.2 Å². The lowest BCUT2D eigenvalue weighted by atomic mass is 10.1. The standard InChI is InChI=1S/C20H15FN4O2/c21-14-3-7-18(8-4-14)27-17-5-1-13(2-6-17)19-10-15(24-12-20(23)26)9-16(11-22)25-19/h1-10H,12H2,(H2,23,26)(H,24,25). The van der Waals surface area contributed by atoms with Crippen LogP contribution < -0.4 is 15.8 Å². The maximum Gasteiger partial charge on any atom is 0.236 e. The number of aromatic nitrogens is 1. The van der Waals surface area contributed by atoms with E-state index in [0.717, 1.165) is 5.56 Å². The molecule has 2 aromatic carbocycles. The zero-order valence-electron chi connectivity index (χ0n) is 14.1. The number of ether oxygens (including phenoxy) is 1. The Balaban J connectivity index is 1.81. The third-order valence-electron chi connectivity index (χ3n) is 3.61. The zero-order chi connectivity index (χ0) is 19.2. The van der Waals surface area contributed by atoms with Crippen molar-refractivity contribution in [2.45, 2.75) is 0 Å². The minimum absolute atomic E-state index is 0.0429. The van der Waals surface area contributed by atoms with E-state index in [1.807, 2.05) is 6.07 Å². The molecule has 1 amide bonds. The number of halogens is 1. The number of nitriles is 1. The van der Waals surface area contributed by atoms with Crippen LogP contribution in [0, 0.1) is 17.1 Å². The van der Waals surface area contributed by atoms with E-state index in [-0.39, 0.29) is 18.1 Å². The monoisotopic (exact) mass is 362 g/mol. The van der Waals surface area contributed by atoms with Crippen LogP contribution in [0.3, 0.4) is 0 Å². The van der Waals surface area contributed by atoms with Gasteiger partial charge in [-0.3, -0.25) is 4.79 Å². The Morgan fingerprint density at radius 2 is 1.74 bits per heavy atom. The van der Waals surface area contributed by atoms with Gasteiger partial charge in [-0.15, -0.1) is 0 Å². The highest BCUT2D eigenvalue weighted by Crippen LogP contribution is 2.26. The fourth-order valence-corrected chi connectivity index (χ4v) is 2.36. The predicted molar refractivity (Wildman–Crippen MR) is 98.5 cm³/mol. The molecule has 0 unspecified atom stereocenters. The van der Waals surface area contributed by atoms with Gasteiger partial charge in [0.1, 0.15) is 29.1 Å². The Hall–Kier alpha value is -3.92. The van der Waals surface area contributed by atoms with Gasteiger partial charge in [0.2, 0.25) is 5.91 Å². The smallest absolute Gasteiger partial charge is 0.236 e. The number of rotatable bonds is 6. The fourth-order valence-electron chi connectivity index (χ4n) is 2.36. The van der Waals surface area contributed by atoms with Crippen molar-refractivity contribution in [3.63, 3.8) is 0 Å². The molecule has 0 aliphatic carbocycles. The highest BCUT2D eigenvalue weighted by Gasteiger charge is 2.07. The maximum absolute atomic E-state index is 12.9. The molecule has 1 aromatic heterocycles. The highest BCUT2D eigenvalue weighted by molar-refractivity contribution is 5.79. The molecular formula is C20H15FN4O2. The van der Waals surface area contributed by atoms with E-state index >= 15 is 0 Å². The number of hydrogen-bond acceptors (Lipinski definition) is 5. The van der Waals surface area contributed by atoms with Crippen LogP contribution in [0.1, 0.15) is 5.69 Å². The minimum atomic E-state index is -0.505. The van der Waals surface area contributed by atoms with Crippen LogP contribution in [-0.4, -0.2) is 17.4 Å². The summed E-state index contributed by atoms with van der Waals surface area (Å²) < 4.78 is 18.6. The number of pyridine rings is 1. The summed E-state index contributed by atoms with van der Waals surface area (Å²) >= 11 is 0. The number of carbonyl (C=O) groups excluding carboxylic acids is 1. The number of anilines is 1. The molecule has 27 heavy (non-hydrogen) atoms. The molecule has 0 fully saturated rings.